The third-order valence-corrected chi connectivity index (χ3v) is 3.32. The summed E-state index contributed by atoms with van der Waals surface area (Å²) in [5.41, 5.74) is 4.07. The van der Waals surface area contributed by atoms with Gasteiger partial charge in [0, 0.05) is 11.7 Å². The lowest BCUT2D eigenvalue weighted by molar-refractivity contribution is 0.693. The highest BCUT2D eigenvalue weighted by Gasteiger charge is 2.27. The number of rotatable bonds is 3. The van der Waals surface area contributed by atoms with Gasteiger partial charge in [0.1, 0.15) is 0 Å². The van der Waals surface area contributed by atoms with Crippen molar-refractivity contribution in [2.24, 2.45) is 5.92 Å². The van der Waals surface area contributed by atoms with E-state index in [9.17, 15) is 0 Å². The largest absolute Gasteiger partial charge is 0.382 e. The van der Waals surface area contributed by atoms with Crippen LogP contribution in [0.25, 0.3) is 0 Å². The van der Waals surface area contributed by atoms with Crippen LogP contribution in [0.3, 0.4) is 0 Å². The molecule has 0 heterocycles. The number of hydrogen-bond donors (Lipinski definition) is 1. The highest BCUT2D eigenvalue weighted by Crippen LogP contribution is 2.34. The zero-order valence-electron chi connectivity index (χ0n) is 9.30. The van der Waals surface area contributed by atoms with E-state index in [2.05, 4.69) is 44.3 Å². The Balaban J connectivity index is 2.11. The maximum Gasteiger partial charge on any atom is 0.0374 e. The van der Waals surface area contributed by atoms with Crippen molar-refractivity contribution in [1.29, 1.82) is 0 Å². The fraction of sp³-hybridized carbons (Fsp3) is 0.538. The Morgan fingerprint density at radius 2 is 2.00 bits per heavy atom. The van der Waals surface area contributed by atoms with Crippen molar-refractivity contribution in [2.45, 2.75) is 39.7 Å². The highest BCUT2D eigenvalue weighted by atomic mass is 14.9. The molecule has 1 heteroatoms. The van der Waals surface area contributed by atoms with Crippen molar-refractivity contribution >= 4 is 5.69 Å². The number of aryl methyl sites for hydroxylation is 1. The van der Waals surface area contributed by atoms with Crippen LogP contribution >= 0.6 is 0 Å². The molecule has 1 fully saturated rings. The van der Waals surface area contributed by atoms with Crippen molar-refractivity contribution in [2.75, 3.05) is 5.32 Å². The number of anilines is 1. The molecule has 0 unspecified atom stereocenters. The molecule has 0 aromatic heterocycles. The van der Waals surface area contributed by atoms with Crippen molar-refractivity contribution < 1.29 is 0 Å². The third kappa shape index (κ3) is 1.92. The van der Waals surface area contributed by atoms with E-state index in [1.54, 1.807) is 0 Å². The molecule has 0 amide bonds. The SMILES string of the molecule is Cc1cccc(N[C@@H](C)C2CC2)c1C. The summed E-state index contributed by atoms with van der Waals surface area (Å²) in [6, 6.07) is 7.11. The molecule has 0 aliphatic heterocycles. The van der Waals surface area contributed by atoms with Gasteiger partial charge in [-0.05, 0) is 56.7 Å². The average Bonchev–Trinajstić information content (AvgIpc) is 2.95. The molecule has 1 aliphatic rings. The molecule has 1 N–H and O–H groups in total. The zero-order valence-corrected chi connectivity index (χ0v) is 9.30. The number of benzene rings is 1. The first-order chi connectivity index (χ1) is 6.68. The van der Waals surface area contributed by atoms with E-state index in [1.807, 2.05) is 0 Å². The summed E-state index contributed by atoms with van der Waals surface area (Å²) in [5.74, 6) is 0.912. The minimum atomic E-state index is 0.635. The topological polar surface area (TPSA) is 12.0 Å². The highest BCUT2D eigenvalue weighted by molar-refractivity contribution is 5.54. The van der Waals surface area contributed by atoms with Gasteiger partial charge in [-0.25, -0.2) is 0 Å². The summed E-state index contributed by atoms with van der Waals surface area (Å²) < 4.78 is 0. The molecule has 2 rings (SSSR count). The summed E-state index contributed by atoms with van der Waals surface area (Å²) in [5, 5.41) is 3.61. The maximum absolute atomic E-state index is 3.61. The Morgan fingerprint density at radius 1 is 1.29 bits per heavy atom. The van der Waals surface area contributed by atoms with Gasteiger partial charge >= 0.3 is 0 Å². The molecule has 0 saturated heterocycles. The fourth-order valence-corrected chi connectivity index (χ4v) is 1.87. The molecular formula is C13H19N. The molecule has 1 saturated carbocycles. The fourth-order valence-electron chi connectivity index (χ4n) is 1.87. The van der Waals surface area contributed by atoms with Gasteiger partial charge in [0.05, 0.1) is 0 Å². The smallest absolute Gasteiger partial charge is 0.0374 e. The van der Waals surface area contributed by atoms with Crippen LogP contribution in [0.5, 0.6) is 0 Å². The van der Waals surface area contributed by atoms with Crippen LogP contribution in [0.2, 0.25) is 0 Å². The van der Waals surface area contributed by atoms with Gasteiger partial charge in [-0.3, -0.25) is 0 Å². The molecule has 14 heavy (non-hydrogen) atoms. The maximum atomic E-state index is 3.61. The van der Waals surface area contributed by atoms with Gasteiger partial charge in [0.25, 0.3) is 0 Å². The summed E-state index contributed by atoms with van der Waals surface area (Å²) in [7, 11) is 0. The van der Waals surface area contributed by atoms with Crippen LogP contribution in [-0.2, 0) is 0 Å². The van der Waals surface area contributed by atoms with E-state index in [0.717, 1.165) is 5.92 Å². The number of hydrogen-bond acceptors (Lipinski definition) is 1. The predicted octanol–water partition coefficient (Wildman–Crippen LogP) is 3.51. The molecule has 76 valence electrons. The van der Waals surface area contributed by atoms with Crippen LogP contribution in [0.1, 0.15) is 30.9 Å². The predicted molar refractivity (Wildman–Crippen MR) is 61.7 cm³/mol. The van der Waals surface area contributed by atoms with Gasteiger partial charge in [-0.2, -0.15) is 0 Å². The molecule has 1 aliphatic carbocycles. The van der Waals surface area contributed by atoms with E-state index in [1.165, 1.54) is 29.7 Å². The monoisotopic (exact) mass is 189 g/mol. The van der Waals surface area contributed by atoms with E-state index < -0.39 is 0 Å². The summed E-state index contributed by atoms with van der Waals surface area (Å²) in [4.78, 5) is 0. The van der Waals surface area contributed by atoms with Crippen LogP contribution in [0.4, 0.5) is 5.69 Å². The first kappa shape index (κ1) is 9.57. The van der Waals surface area contributed by atoms with Gasteiger partial charge in [0.15, 0.2) is 0 Å². The molecular weight excluding hydrogens is 170 g/mol. The van der Waals surface area contributed by atoms with Crippen molar-refractivity contribution in [3.05, 3.63) is 29.3 Å². The van der Waals surface area contributed by atoms with Crippen molar-refractivity contribution in [3.63, 3.8) is 0 Å². The molecule has 1 aromatic carbocycles. The zero-order chi connectivity index (χ0) is 10.1. The Bertz CT molecular complexity index is 326. The summed E-state index contributed by atoms with van der Waals surface area (Å²) in [6.07, 6.45) is 2.80. The van der Waals surface area contributed by atoms with Gasteiger partial charge < -0.3 is 5.32 Å². The van der Waals surface area contributed by atoms with E-state index in [4.69, 9.17) is 0 Å². The van der Waals surface area contributed by atoms with Gasteiger partial charge in [-0.15, -0.1) is 0 Å². The molecule has 1 atom stereocenters. The Kier molecular flexibility index (Phi) is 2.49. The average molecular weight is 189 g/mol. The Labute approximate surface area is 86.5 Å². The van der Waals surface area contributed by atoms with Gasteiger partial charge in [-0.1, -0.05) is 12.1 Å². The van der Waals surface area contributed by atoms with Crippen molar-refractivity contribution in [3.8, 4) is 0 Å². The lowest BCUT2D eigenvalue weighted by Gasteiger charge is -2.17. The first-order valence-corrected chi connectivity index (χ1v) is 5.51. The first-order valence-electron chi connectivity index (χ1n) is 5.51. The second-order valence-electron chi connectivity index (χ2n) is 4.52. The van der Waals surface area contributed by atoms with E-state index >= 15 is 0 Å². The van der Waals surface area contributed by atoms with Gasteiger partial charge in [0.2, 0.25) is 0 Å². The van der Waals surface area contributed by atoms with E-state index in [-0.39, 0.29) is 0 Å². The second-order valence-corrected chi connectivity index (χ2v) is 4.52. The van der Waals surface area contributed by atoms with Crippen molar-refractivity contribution in [1.82, 2.24) is 0 Å². The third-order valence-electron chi connectivity index (χ3n) is 3.32. The standard InChI is InChI=1S/C13H19N/c1-9-5-4-6-13(10(9)2)14-11(3)12-7-8-12/h4-6,11-12,14H,7-8H2,1-3H3/t11-/m0/s1. The molecule has 0 spiro atoms. The minimum Gasteiger partial charge on any atom is -0.382 e. The lowest BCUT2D eigenvalue weighted by atomic mass is 10.1. The molecule has 1 aromatic rings. The van der Waals surface area contributed by atoms with E-state index in [0.29, 0.717) is 6.04 Å². The Hall–Kier alpha value is -0.980. The quantitative estimate of drug-likeness (QED) is 0.767. The Morgan fingerprint density at radius 3 is 2.64 bits per heavy atom. The van der Waals surface area contributed by atoms with Crippen LogP contribution in [0.15, 0.2) is 18.2 Å². The van der Waals surface area contributed by atoms with Crippen LogP contribution < -0.4 is 5.32 Å². The second kappa shape index (κ2) is 3.64. The lowest BCUT2D eigenvalue weighted by Crippen LogP contribution is -2.17. The molecule has 1 nitrogen and oxygen atoms in total. The summed E-state index contributed by atoms with van der Waals surface area (Å²) in [6.45, 7) is 6.65. The van der Waals surface area contributed by atoms with Crippen LogP contribution in [-0.4, -0.2) is 6.04 Å². The number of nitrogens with one attached hydrogen (secondary N) is 1. The minimum absolute atomic E-state index is 0.635. The molecule has 0 bridgehead atoms. The molecule has 0 radical (unpaired) electrons. The summed E-state index contributed by atoms with van der Waals surface area (Å²) >= 11 is 0. The van der Waals surface area contributed by atoms with Crippen LogP contribution in [0, 0.1) is 19.8 Å². The normalized spacial score (nSPS) is 17.9.